The standard InChI is InChI=1S/C22H24N2O3S/c1-3-17-9-12-20(13-10-17)23-22(25)16-24(4-2)28(26,27)21-14-11-18-7-5-6-8-19(18)15-21/h5-15H,3-4,16H2,1-2H3,(H,23,25). The first-order valence-corrected chi connectivity index (χ1v) is 10.8. The normalized spacial score (nSPS) is 11.7. The van der Waals surface area contributed by atoms with Crippen LogP contribution in [0, 0.1) is 0 Å². The summed E-state index contributed by atoms with van der Waals surface area (Å²) in [4.78, 5) is 12.6. The number of hydrogen-bond donors (Lipinski definition) is 1. The van der Waals surface area contributed by atoms with Crippen molar-refractivity contribution in [2.45, 2.75) is 25.2 Å². The molecule has 6 heteroatoms. The summed E-state index contributed by atoms with van der Waals surface area (Å²) in [6.07, 6.45) is 0.918. The van der Waals surface area contributed by atoms with Crippen LogP contribution in [-0.4, -0.2) is 31.7 Å². The molecule has 146 valence electrons. The smallest absolute Gasteiger partial charge is 0.243 e. The molecule has 28 heavy (non-hydrogen) atoms. The minimum absolute atomic E-state index is 0.188. The van der Waals surface area contributed by atoms with E-state index in [1.54, 1.807) is 25.1 Å². The molecule has 0 radical (unpaired) electrons. The van der Waals surface area contributed by atoms with E-state index in [9.17, 15) is 13.2 Å². The molecular formula is C22H24N2O3S. The number of anilines is 1. The van der Waals surface area contributed by atoms with E-state index in [1.165, 1.54) is 9.87 Å². The fourth-order valence-corrected chi connectivity index (χ4v) is 4.47. The molecule has 5 nitrogen and oxygen atoms in total. The quantitative estimate of drug-likeness (QED) is 0.655. The van der Waals surface area contributed by atoms with Crippen LogP contribution in [0.4, 0.5) is 5.69 Å². The van der Waals surface area contributed by atoms with Gasteiger partial charge in [0, 0.05) is 12.2 Å². The van der Waals surface area contributed by atoms with Crippen molar-refractivity contribution in [2.24, 2.45) is 0 Å². The Morgan fingerprint density at radius 1 is 0.929 bits per heavy atom. The van der Waals surface area contributed by atoms with Gasteiger partial charge in [0.1, 0.15) is 0 Å². The largest absolute Gasteiger partial charge is 0.325 e. The molecule has 1 N–H and O–H groups in total. The van der Waals surface area contributed by atoms with Crippen LogP contribution in [0.5, 0.6) is 0 Å². The van der Waals surface area contributed by atoms with E-state index >= 15 is 0 Å². The average molecular weight is 397 g/mol. The number of aryl methyl sites for hydroxylation is 1. The Morgan fingerprint density at radius 3 is 2.25 bits per heavy atom. The Labute approximate surface area is 166 Å². The third-order valence-corrected chi connectivity index (χ3v) is 6.59. The van der Waals surface area contributed by atoms with Crippen LogP contribution >= 0.6 is 0 Å². The first-order chi connectivity index (χ1) is 13.4. The Morgan fingerprint density at radius 2 is 1.61 bits per heavy atom. The molecule has 0 aliphatic carbocycles. The molecule has 3 aromatic carbocycles. The van der Waals surface area contributed by atoms with Crippen molar-refractivity contribution < 1.29 is 13.2 Å². The second-order valence-electron chi connectivity index (χ2n) is 6.54. The van der Waals surface area contributed by atoms with Gasteiger partial charge in [-0.25, -0.2) is 8.42 Å². The molecule has 0 saturated carbocycles. The van der Waals surface area contributed by atoms with E-state index < -0.39 is 10.0 Å². The van der Waals surface area contributed by atoms with Crippen molar-refractivity contribution in [1.82, 2.24) is 4.31 Å². The van der Waals surface area contributed by atoms with Crippen LogP contribution in [0.15, 0.2) is 71.6 Å². The lowest BCUT2D eigenvalue weighted by atomic mass is 10.1. The van der Waals surface area contributed by atoms with E-state index in [1.807, 2.05) is 48.5 Å². The molecule has 0 saturated heterocycles. The van der Waals surface area contributed by atoms with Gasteiger partial charge in [0.2, 0.25) is 15.9 Å². The molecule has 0 aliphatic rings. The van der Waals surface area contributed by atoms with Gasteiger partial charge in [-0.05, 0) is 47.0 Å². The van der Waals surface area contributed by atoms with Crippen LogP contribution in [0.3, 0.4) is 0 Å². The lowest BCUT2D eigenvalue weighted by molar-refractivity contribution is -0.116. The van der Waals surface area contributed by atoms with Crippen LogP contribution in [0.1, 0.15) is 19.4 Å². The van der Waals surface area contributed by atoms with Crippen molar-refractivity contribution >= 4 is 32.4 Å². The van der Waals surface area contributed by atoms with Crippen molar-refractivity contribution in [1.29, 1.82) is 0 Å². The van der Waals surface area contributed by atoms with Gasteiger partial charge in [0.05, 0.1) is 11.4 Å². The van der Waals surface area contributed by atoms with Crippen molar-refractivity contribution in [3.63, 3.8) is 0 Å². The fourth-order valence-electron chi connectivity index (χ4n) is 3.03. The highest BCUT2D eigenvalue weighted by Crippen LogP contribution is 2.22. The summed E-state index contributed by atoms with van der Waals surface area (Å²) < 4.78 is 27.2. The van der Waals surface area contributed by atoms with E-state index in [0.717, 1.165) is 17.2 Å². The lowest BCUT2D eigenvalue weighted by Crippen LogP contribution is -2.37. The third-order valence-electron chi connectivity index (χ3n) is 4.68. The zero-order valence-electron chi connectivity index (χ0n) is 16.1. The third kappa shape index (κ3) is 4.40. The van der Waals surface area contributed by atoms with Crippen LogP contribution in [-0.2, 0) is 21.2 Å². The predicted octanol–water partition coefficient (Wildman–Crippen LogP) is 4.05. The molecule has 0 bridgehead atoms. The molecule has 3 rings (SSSR count). The number of benzene rings is 3. The number of carbonyl (C=O) groups is 1. The second-order valence-corrected chi connectivity index (χ2v) is 8.48. The van der Waals surface area contributed by atoms with Crippen LogP contribution < -0.4 is 5.32 Å². The summed E-state index contributed by atoms with van der Waals surface area (Å²) in [6.45, 7) is 3.75. The minimum Gasteiger partial charge on any atom is -0.325 e. The molecular weight excluding hydrogens is 372 g/mol. The van der Waals surface area contributed by atoms with Gasteiger partial charge in [0.15, 0.2) is 0 Å². The number of carbonyl (C=O) groups excluding carboxylic acids is 1. The molecule has 0 aliphatic heterocycles. The maximum Gasteiger partial charge on any atom is 0.243 e. The van der Waals surface area contributed by atoms with Crippen molar-refractivity contribution in [3.05, 3.63) is 72.3 Å². The number of hydrogen-bond acceptors (Lipinski definition) is 3. The fraction of sp³-hybridized carbons (Fsp3) is 0.227. The molecule has 1 amide bonds. The summed E-state index contributed by atoms with van der Waals surface area (Å²) in [7, 11) is -3.77. The van der Waals surface area contributed by atoms with Crippen molar-refractivity contribution in [3.8, 4) is 0 Å². The summed E-state index contributed by atoms with van der Waals surface area (Å²) in [6, 6.07) is 20.1. The average Bonchev–Trinajstić information content (AvgIpc) is 2.72. The maximum atomic E-state index is 13.0. The Balaban J connectivity index is 1.77. The summed E-state index contributed by atoms with van der Waals surface area (Å²) >= 11 is 0. The number of rotatable bonds is 7. The zero-order chi connectivity index (χ0) is 20.1. The Bertz CT molecular complexity index is 1080. The van der Waals surface area contributed by atoms with Crippen LogP contribution in [0.25, 0.3) is 10.8 Å². The first-order valence-electron chi connectivity index (χ1n) is 9.31. The topological polar surface area (TPSA) is 66.5 Å². The SMILES string of the molecule is CCc1ccc(NC(=O)CN(CC)S(=O)(=O)c2ccc3ccccc3c2)cc1. The Kier molecular flexibility index (Phi) is 6.11. The number of likely N-dealkylation sites (N-methyl/N-ethyl adjacent to an activating group) is 1. The minimum atomic E-state index is -3.77. The number of amides is 1. The first kappa shape index (κ1) is 20.0. The number of nitrogens with zero attached hydrogens (tertiary/aromatic N) is 1. The van der Waals surface area contributed by atoms with E-state index in [2.05, 4.69) is 12.2 Å². The summed E-state index contributed by atoms with van der Waals surface area (Å²) in [5.41, 5.74) is 1.83. The summed E-state index contributed by atoms with van der Waals surface area (Å²) in [5, 5.41) is 4.58. The maximum absolute atomic E-state index is 13.0. The lowest BCUT2D eigenvalue weighted by Gasteiger charge is -2.20. The van der Waals surface area contributed by atoms with Gasteiger partial charge in [-0.1, -0.05) is 56.3 Å². The van der Waals surface area contributed by atoms with Gasteiger partial charge in [0.25, 0.3) is 0 Å². The van der Waals surface area contributed by atoms with E-state index in [4.69, 9.17) is 0 Å². The molecule has 0 unspecified atom stereocenters. The van der Waals surface area contributed by atoms with E-state index in [0.29, 0.717) is 5.69 Å². The molecule has 3 aromatic rings. The molecule has 0 heterocycles. The molecule has 0 aromatic heterocycles. The number of fused-ring (bicyclic) bond motifs is 1. The highest BCUT2D eigenvalue weighted by Gasteiger charge is 2.25. The highest BCUT2D eigenvalue weighted by molar-refractivity contribution is 7.89. The van der Waals surface area contributed by atoms with Gasteiger partial charge < -0.3 is 5.32 Å². The summed E-state index contributed by atoms with van der Waals surface area (Å²) in [5.74, 6) is -0.365. The highest BCUT2D eigenvalue weighted by atomic mass is 32.2. The molecule has 0 atom stereocenters. The van der Waals surface area contributed by atoms with Crippen LogP contribution in [0.2, 0.25) is 0 Å². The molecule has 0 spiro atoms. The number of nitrogens with one attached hydrogen (secondary N) is 1. The molecule has 0 fully saturated rings. The predicted molar refractivity (Wildman–Crippen MR) is 113 cm³/mol. The number of sulfonamides is 1. The monoisotopic (exact) mass is 396 g/mol. The van der Waals surface area contributed by atoms with E-state index in [-0.39, 0.29) is 23.9 Å². The van der Waals surface area contributed by atoms with Gasteiger partial charge >= 0.3 is 0 Å². The zero-order valence-corrected chi connectivity index (χ0v) is 16.9. The van der Waals surface area contributed by atoms with Crippen molar-refractivity contribution in [2.75, 3.05) is 18.4 Å². The van der Waals surface area contributed by atoms with Gasteiger partial charge in [-0.15, -0.1) is 0 Å². The van der Waals surface area contributed by atoms with Gasteiger partial charge in [-0.2, -0.15) is 4.31 Å². The second kappa shape index (κ2) is 8.54. The Hall–Kier alpha value is -2.70. The van der Waals surface area contributed by atoms with Gasteiger partial charge in [-0.3, -0.25) is 4.79 Å².